The fourth-order valence-corrected chi connectivity index (χ4v) is 3.06. The molecule has 0 saturated carbocycles. The number of hydrogen-bond acceptors (Lipinski definition) is 5. The van der Waals surface area contributed by atoms with Crippen LogP contribution in [0.4, 0.5) is 10.1 Å². The molecule has 4 rings (SSSR count). The molecule has 8 heteroatoms. The average Bonchev–Trinajstić information content (AvgIpc) is 3.28. The van der Waals surface area contributed by atoms with Gasteiger partial charge in [0.15, 0.2) is 11.5 Å². The van der Waals surface area contributed by atoms with Gasteiger partial charge in [-0.2, -0.15) is 0 Å². The van der Waals surface area contributed by atoms with Crippen LogP contribution in [-0.4, -0.2) is 40.5 Å². The molecule has 140 valence electrons. The van der Waals surface area contributed by atoms with Gasteiger partial charge in [-0.15, -0.1) is 5.10 Å². The summed E-state index contributed by atoms with van der Waals surface area (Å²) in [6.45, 7) is 2.05. The number of amides is 1. The number of nitrogens with zero attached hydrogens (tertiary/aromatic N) is 3. The lowest BCUT2D eigenvalue weighted by molar-refractivity contribution is 0.101. The molecule has 1 aromatic carbocycles. The number of aromatic nitrogens is 3. The largest absolute Gasteiger partial charge is 0.476 e. The van der Waals surface area contributed by atoms with Gasteiger partial charge in [0.05, 0.1) is 24.1 Å². The van der Waals surface area contributed by atoms with E-state index in [9.17, 15) is 9.18 Å². The lowest BCUT2D eigenvalue weighted by Crippen LogP contribution is -2.15. The first-order chi connectivity index (χ1) is 13.1. The third-order valence-corrected chi connectivity index (χ3v) is 4.53. The zero-order chi connectivity index (χ0) is 18.8. The zero-order valence-electron chi connectivity index (χ0n) is 14.8. The van der Waals surface area contributed by atoms with Crippen molar-refractivity contribution in [3.63, 3.8) is 0 Å². The first-order valence-electron chi connectivity index (χ1n) is 8.71. The van der Waals surface area contributed by atoms with E-state index in [4.69, 9.17) is 9.47 Å². The van der Waals surface area contributed by atoms with E-state index >= 15 is 0 Å². The Bertz CT molecular complexity index is 982. The molecule has 1 amide bonds. The molecule has 1 N–H and O–H groups in total. The topological polar surface area (TPSA) is 78.3 Å². The SMILES string of the molecule is Cn1nc(OCC2CCOC2)c2ccc(NC(=O)c3ncccc3F)cc21. The summed E-state index contributed by atoms with van der Waals surface area (Å²) in [5.74, 6) is -0.336. The van der Waals surface area contributed by atoms with E-state index in [0.717, 1.165) is 23.9 Å². The maximum absolute atomic E-state index is 13.7. The standard InChI is InChI=1S/C19H19FN4O3/c1-24-16-9-13(22-18(25)17-15(20)3-2-7-21-17)4-5-14(16)19(23-24)27-11-12-6-8-26-10-12/h2-5,7,9,12H,6,8,10-11H2,1H3,(H,22,25). The van der Waals surface area contributed by atoms with Gasteiger partial charge in [-0.05, 0) is 36.8 Å². The lowest BCUT2D eigenvalue weighted by atomic mass is 10.1. The van der Waals surface area contributed by atoms with Crippen LogP contribution in [0.1, 0.15) is 16.9 Å². The number of ether oxygens (including phenoxy) is 2. The summed E-state index contributed by atoms with van der Waals surface area (Å²) < 4.78 is 26.6. The number of halogens is 1. The van der Waals surface area contributed by atoms with Crippen molar-refractivity contribution >= 4 is 22.5 Å². The van der Waals surface area contributed by atoms with Crippen molar-refractivity contribution in [1.82, 2.24) is 14.8 Å². The Morgan fingerprint density at radius 3 is 3.11 bits per heavy atom. The van der Waals surface area contributed by atoms with Crippen molar-refractivity contribution in [2.45, 2.75) is 6.42 Å². The molecular weight excluding hydrogens is 351 g/mol. The molecule has 0 bridgehead atoms. The molecule has 3 heterocycles. The molecule has 1 unspecified atom stereocenters. The van der Waals surface area contributed by atoms with E-state index in [0.29, 0.717) is 30.7 Å². The van der Waals surface area contributed by atoms with Crippen LogP contribution in [-0.2, 0) is 11.8 Å². The highest BCUT2D eigenvalue weighted by Gasteiger charge is 2.19. The van der Waals surface area contributed by atoms with Crippen LogP contribution in [0.15, 0.2) is 36.5 Å². The highest BCUT2D eigenvalue weighted by molar-refractivity contribution is 6.04. The first-order valence-corrected chi connectivity index (χ1v) is 8.71. The number of nitrogens with one attached hydrogen (secondary N) is 1. The Balaban J connectivity index is 1.53. The molecule has 1 saturated heterocycles. The summed E-state index contributed by atoms with van der Waals surface area (Å²) in [5, 5.41) is 7.92. The second-order valence-corrected chi connectivity index (χ2v) is 6.49. The maximum Gasteiger partial charge on any atom is 0.277 e. The fourth-order valence-electron chi connectivity index (χ4n) is 3.06. The second-order valence-electron chi connectivity index (χ2n) is 6.49. The highest BCUT2D eigenvalue weighted by Crippen LogP contribution is 2.28. The van der Waals surface area contributed by atoms with E-state index in [2.05, 4.69) is 15.4 Å². The molecule has 1 atom stereocenters. The molecule has 7 nitrogen and oxygen atoms in total. The van der Waals surface area contributed by atoms with Gasteiger partial charge < -0.3 is 14.8 Å². The number of hydrogen-bond donors (Lipinski definition) is 1. The summed E-state index contributed by atoms with van der Waals surface area (Å²) in [6, 6.07) is 7.96. The van der Waals surface area contributed by atoms with Crippen LogP contribution < -0.4 is 10.1 Å². The molecule has 3 aromatic rings. The van der Waals surface area contributed by atoms with Gasteiger partial charge in [-0.25, -0.2) is 9.37 Å². The van der Waals surface area contributed by atoms with Crippen LogP contribution in [0.5, 0.6) is 5.88 Å². The highest BCUT2D eigenvalue weighted by atomic mass is 19.1. The molecule has 0 radical (unpaired) electrons. The van der Waals surface area contributed by atoms with Crippen LogP contribution in [0.3, 0.4) is 0 Å². The number of carbonyl (C=O) groups is 1. The number of fused-ring (bicyclic) bond motifs is 1. The number of rotatable bonds is 5. The zero-order valence-corrected chi connectivity index (χ0v) is 14.8. The normalized spacial score (nSPS) is 16.6. The quantitative estimate of drug-likeness (QED) is 0.747. The number of benzene rings is 1. The molecule has 27 heavy (non-hydrogen) atoms. The molecule has 1 fully saturated rings. The maximum atomic E-state index is 13.7. The minimum Gasteiger partial charge on any atom is -0.476 e. The number of carbonyl (C=O) groups excluding carboxylic acids is 1. The van der Waals surface area contributed by atoms with Crippen molar-refractivity contribution in [2.75, 3.05) is 25.1 Å². The van der Waals surface area contributed by atoms with Gasteiger partial charge >= 0.3 is 0 Å². The molecule has 2 aromatic heterocycles. The number of pyridine rings is 1. The summed E-state index contributed by atoms with van der Waals surface area (Å²) in [5.41, 5.74) is 1.08. The average molecular weight is 370 g/mol. The van der Waals surface area contributed by atoms with Gasteiger partial charge in [0.1, 0.15) is 0 Å². The fraction of sp³-hybridized carbons (Fsp3) is 0.316. The number of aryl methyl sites for hydroxylation is 1. The Kier molecular flexibility index (Phi) is 4.72. The molecular formula is C19H19FN4O3. The minimum atomic E-state index is -0.664. The second kappa shape index (κ2) is 7.32. The summed E-state index contributed by atoms with van der Waals surface area (Å²) >= 11 is 0. The van der Waals surface area contributed by atoms with Crippen LogP contribution in [0, 0.1) is 11.7 Å². The number of anilines is 1. The summed E-state index contributed by atoms with van der Waals surface area (Å²) in [7, 11) is 1.80. The summed E-state index contributed by atoms with van der Waals surface area (Å²) in [4.78, 5) is 16.0. The molecule has 0 aliphatic carbocycles. The lowest BCUT2D eigenvalue weighted by Gasteiger charge is -2.08. The van der Waals surface area contributed by atoms with Crippen molar-refractivity contribution in [3.8, 4) is 5.88 Å². The predicted molar refractivity (Wildman–Crippen MR) is 97.3 cm³/mol. The Labute approximate surface area is 155 Å². The van der Waals surface area contributed by atoms with Crippen molar-refractivity contribution in [2.24, 2.45) is 13.0 Å². The monoisotopic (exact) mass is 370 g/mol. The van der Waals surface area contributed by atoms with Crippen molar-refractivity contribution in [3.05, 3.63) is 48.0 Å². The van der Waals surface area contributed by atoms with Crippen LogP contribution in [0.2, 0.25) is 0 Å². The molecule has 1 aliphatic heterocycles. The van der Waals surface area contributed by atoms with Gasteiger partial charge in [-0.3, -0.25) is 9.48 Å². The minimum absolute atomic E-state index is 0.245. The summed E-state index contributed by atoms with van der Waals surface area (Å²) in [6.07, 6.45) is 2.37. The molecule has 1 aliphatic rings. The van der Waals surface area contributed by atoms with E-state index in [-0.39, 0.29) is 5.69 Å². The van der Waals surface area contributed by atoms with E-state index < -0.39 is 11.7 Å². The van der Waals surface area contributed by atoms with Gasteiger partial charge in [0.25, 0.3) is 5.91 Å². The Morgan fingerprint density at radius 1 is 1.44 bits per heavy atom. The van der Waals surface area contributed by atoms with E-state index in [1.165, 1.54) is 18.3 Å². The first kappa shape index (κ1) is 17.4. The van der Waals surface area contributed by atoms with Gasteiger partial charge in [0.2, 0.25) is 5.88 Å². The van der Waals surface area contributed by atoms with E-state index in [1.807, 2.05) is 6.07 Å². The third kappa shape index (κ3) is 3.61. The van der Waals surface area contributed by atoms with Gasteiger partial charge in [-0.1, -0.05) is 0 Å². The van der Waals surface area contributed by atoms with Gasteiger partial charge in [0, 0.05) is 31.5 Å². The van der Waals surface area contributed by atoms with Crippen LogP contribution >= 0.6 is 0 Å². The Morgan fingerprint density at radius 2 is 2.33 bits per heavy atom. The predicted octanol–water partition coefficient (Wildman–Crippen LogP) is 2.78. The molecule has 0 spiro atoms. The van der Waals surface area contributed by atoms with Crippen molar-refractivity contribution < 1.29 is 18.7 Å². The van der Waals surface area contributed by atoms with Crippen LogP contribution in [0.25, 0.3) is 10.9 Å². The third-order valence-electron chi connectivity index (χ3n) is 4.53. The Hall–Kier alpha value is -3.00. The smallest absolute Gasteiger partial charge is 0.277 e. The van der Waals surface area contributed by atoms with E-state index in [1.54, 1.807) is 23.9 Å². The van der Waals surface area contributed by atoms with Crippen molar-refractivity contribution in [1.29, 1.82) is 0 Å².